The van der Waals surface area contributed by atoms with E-state index in [0.29, 0.717) is 23.6 Å². The lowest BCUT2D eigenvalue weighted by molar-refractivity contribution is 0.363. The summed E-state index contributed by atoms with van der Waals surface area (Å²) in [5, 5.41) is 3.73. The van der Waals surface area contributed by atoms with Crippen LogP contribution in [0.5, 0.6) is 0 Å². The van der Waals surface area contributed by atoms with Crippen LogP contribution in [0.15, 0.2) is 0 Å². The zero-order valence-corrected chi connectivity index (χ0v) is 13.1. The smallest absolute Gasteiger partial charge is 0.150 e. The number of hydrogen-bond donors (Lipinski definition) is 1. The minimum Gasteiger partial charge on any atom is -0.311 e. The van der Waals surface area contributed by atoms with Gasteiger partial charge in [0.05, 0.1) is 11.5 Å². The van der Waals surface area contributed by atoms with Crippen LogP contribution in [0.25, 0.3) is 0 Å². The molecule has 0 radical (unpaired) electrons. The van der Waals surface area contributed by atoms with Crippen molar-refractivity contribution in [1.29, 1.82) is 0 Å². The van der Waals surface area contributed by atoms with E-state index in [9.17, 15) is 8.42 Å². The van der Waals surface area contributed by atoms with Gasteiger partial charge in [-0.05, 0) is 38.0 Å². The van der Waals surface area contributed by atoms with Crippen molar-refractivity contribution in [2.45, 2.75) is 76.8 Å². The van der Waals surface area contributed by atoms with Crippen LogP contribution in [-0.4, -0.2) is 32.0 Å². The number of rotatable bonds is 4. The molecule has 2 aliphatic rings. The second-order valence-corrected chi connectivity index (χ2v) is 8.76. The zero-order valence-electron chi connectivity index (χ0n) is 12.2. The predicted octanol–water partition coefficient (Wildman–Crippen LogP) is 2.90. The van der Waals surface area contributed by atoms with E-state index in [2.05, 4.69) is 12.2 Å². The van der Waals surface area contributed by atoms with Crippen LogP contribution in [-0.2, 0) is 9.84 Å². The molecular formula is C15H29NO2S. The molecule has 1 heterocycles. The van der Waals surface area contributed by atoms with Crippen LogP contribution >= 0.6 is 0 Å². The minimum atomic E-state index is -2.72. The topological polar surface area (TPSA) is 46.2 Å². The standard InChI is InChI=1S/C15H29NO2S/c1-2-4-13-5-3-6-14(8-7-13)16-15-9-11-19(17,18)12-10-15/h13-16H,2-12H2,1H3. The monoisotopic (exact) mass is 287 g/mol. The van der Waals surface area contributed by atoms with Crippen molar-refractivity contribution in [3.8, 4) is 0 Å². The molecule has 19 heavy (non-hydrogen) atoms. The molecule has 4 heteroatoms. The molecule has 2 unspecified atom stereocenters. The minimum absolute atomic E-state index is 0.385. The van der Waals surface area contributed by atoms with Crippen LogP contribution in [0.3, 0.4) is 0 Å². The second kappa shape index (κ2) is 7.07. The highest BCUT2D eigenvalue weighted by molar-refractivity contribution is 7.91. The summed E-state index contributed by atoms with van der Waals surface area (Å²) in [7, 11) is -2.72. The summed E-state index contributed by atoms with van der Waals surface area (Å²) in [5.41, 5.74) is 0. The highest BCUT2D eigenvalue weighted by Gasteiger charge is 2.26. The van der Waals surface area contributed by atoms with Crippen molar-refractivity contribution in [2.24, 2.45) is 5.92 Å². The summed E-state index contributed by atoms with van der Waals surface area (Å²) in [4.78, 5) is 0. The Labute approximate surface area is 118 Å². The van der Waals surface area contributed by atoms with Gasteiger partial charge < -0.3 is 5.32 Å². The van der Waals surface area contributed by atoms with E-state index in [0.717, 1.165) is 18.8 Å². The highest BCUT2D eigenvalue weighted by Crippen LogP contribution is 2.27. The third kappa shape index (κ3) is 5.07. The molecule has 1 N–H and O–H groups in total. The second-order valence-electron chi connectivity index (χ2n) is 6.45. The summed E-state index contributed by atoms with van der Waals surface area (Å²) >= 11 is 0. The third-order valence-corrected chi connectivity index (χ3v) is 6.53. The third-order valence-electron chi connectivity index (χ3n) is 4.81. The van der Waals surface area contributed by atoms with Crippen molar-refractivity contribution in [3.05, 3.63) is 0 Å². The van der Waals surface area contributed by atoms with E-state index in [-0.39, 0.29) is 0 Å². The molecule has 0 amide bonds. The lowest BCUT2D eigenvalue weighted by atomic mass is 9.95. The van der Waals surface area contributed by atoms with Crippen LogP contribution in [0.1, 0.15) is 64.7 Å². The van der Waals surface area contributed by atoms with Crippen molar-refractivity contribution in [2.75, 3.05) is 11.5 Å². The number of nitrogens with one attached hydrogen (secondary N) is 1. The van der Waals surface area contributed by atoms with Gasteiger partial charge in [0.2, 0.25) is 0 Å². The molecule has 1 aliphatic heterocycles. The number of hydrogen-bond acceptors (Lipinski definition) is 3. The predicted molar refractivity (Wildman–Crippen MR) is 80.1 cm³/mol. The van der Waals surface area contributed by atoms with E-state index in [1.54, 1.807) is 0 Å². The molecule has 0 aromatic rings. The van der Waals surface area contributed by atoms with Crippen molar-refractivity contribution in [3.63, 3.8) is 0 Å². The Bertz CT molecular complexity index is 352. The van der Waals surface area contributed by atoms with Gasteiger partial charge in [0.15, 0.2) is 0 Å². The first kappa shape index (κ1) is 15.3. The first-order valence-corrected chi connectivity index (χ1v) is 9.87. The molecule has 2 rings (SSSR count). The van der Waals surface area contributed by atoms with Crippen LogP contribution in [0, 0.1) is 5.92 Å². The molecule has 112 valence electrons. The molecule has 1 saturated carbocycles. The van der Waals surface area contributed by atoms with Gasteiger partial charge >= 0.3 is 0 Å². The summed E-state index contributed by atoms with van der Waals surface area (Å²) in [5.74, 6) is 1.70. The first-order valence-electron chi connectivity index (χ1n) is 8.05. The van der Waals surface area contributed by atoms with Gasteiger partial charge in [0, 0.05) is 12.1 Å². The summed E-state index contributed by atoms with van der Waals surface area (Å²) < 4.78 is 22.9. The summed E-state index contributed by atoms with van der Waals surface area (Å²) in [6, 6.07) is 1.07. The van der Waals surface area contributed by atoms with Gasteiger partial charge in [-0.2, -0.15) is 0 Å². The molecular weight excluding hydrogens is 258 g/mol. The van der Waals surface area contributed by atoms with Crippen LogP contribution in [0.4, 0.5) is 0 Å². The average Bonchev–Trinajstić information content (AvgIpc) is 2.58. The van der Waals surface area contributed by atoms with Gasteiger partial charge in [-0.1, -0.05) is 32.6 Å². The Morgan fingerprint density at radius 2 is 1.63 bits per heavy atom. The fourth-order valence-electron chi connectivity index (χ4n) is 3.63. The maximum Gasteiger partial charge on any atom is 0.150 e. The zero-order chi connectivity index (χ0) is 13.7. The SMILES string of the molecule is CCCC1CCCC(NC2CCS(=O)(=O)CC2)CC1. The van der Waals surface area contributed by atoms with Crippen LogP contribution < -0.4 is 5.32 Å². The highest BCUT2D eigenvalue weighted by atomic mass is 32.2. The van der Waals surface area contributed by atoms with E-state index in [1.807, 2.05) is 0 Å². The first-order chi connectivity index (χ1) is 9.09. The van der Waals surface area contributed by atoms with E-state index in [1.165, 1.54) is 44.9 Å². The maximum absolute atomic E-state index is 11.4. The molecule has 2 atom stereocenters. The maximum atomic E-state index is 11.4. The van der Waals surface area contributed by atoms with Gasteiger partial charge in [0.1, 0.15) is 9.84 Å². The van der Waals surface area contributed by atoms with Crippen LogP contribution in [0.2, 0.25) is 0 Å². The molecule has 3 nitrogen and oxygen atoms in total. The Morgan fingerprint density at radius 1 is 0.947 bits per heavy atom. The Balaban J connectivity index is 1.74. The van der Waals surface area contributed by atoms with Crippen molar-refractivity contribution in [1.82, 2.24) is 5.32 Å². The molecule has 2 fully saturated rings. The van der Waals surface area contributed by atoms with Crippen molar-refractivity contribution < 1.29 is 8.42 Å². The van der Waals surface area contributed by atoms with E-state index >= 15 is 0 Å². The largest absolute Gasteiger partial charge is 0.311 e. The average molecular weight is 287 g/mol. The Morgan fingerprint density at radius 3 is 2.32 bits per heavy atom. The molecule has 1 saturated heterocycles. The molecule has 0 bridgehead atoms. The molecule has 1 aliphatic carbocycles. The lowest BCUT2D eigenvalue weighted by Crippen LogP contribution is -2.43. The van der Waals surface area contributed by atoms with Gasteiger partial charge in [-0.3, -0.25) is 0 Å². The van der Waals surface area contributed by atoms with Crippen molar-refractivity contribution >= 4 is 9.84 Å². The summed E-state index contributed by atoms with van der Waals surface area (Å²) in [6.45, 7) is 2.28. The van der Waals surface area contributed by atoms with E-state index in [4.69, 9.17) is 0 Å². The normalized spacial score (nSPS) is 32.9. The van der Waals surface area contributed by atoms with E-state index < -0.39 is 9.84 Å². The van der Waals surface area contributed by atoms with Gasteiger partial charge in [0.25, 0.3) is 0 Å². The summed E-state index contributed by atoms with van der Waals surface area (Å²) in [6.07, 6.45) is 11.0. The lowest BCUT2D eigenvalue weighted by Gasteiger charge is -2.28. The quantitative estimate of drug-likeness (QED) is 0.809. The molecule has 0 spiro atoms. The van der Waals surface area contributed by atoms with Gasteiger partial charge in [-0.15, -0.1) is 0 Å². The Hall–Kier alpha value is -0.0900. The Kier molecular flexibility index (Phi) is 5.70. The fourth-order valence-corrected chi connectivity index (χ4v) is 5.12. The number of sulfone groups is 1. The fraction of sp³-hybridized carbons (Fsp3) is 1.00. The molecule has 0 aromatic heterocycles. The van der Waals surface area contributed by atoms with Gasteiger partial charge in [-0.25, -0.2) is 8.42 Å². The molecule has 0 aromatic carbocycles.